The van der Waals surface area contributed by atoms with Crippen molar-refractivity contribution in [2.75, 3.05) is 12.9 Å². The molecule has 2 amide bonds. The van der Waals surface area contributed by atoms with Gasteiger partial charge in [-0.05, 0) is 37.5 Å². The summed E-state index contributed by atoms with van der Waals surface area (Å²) in [6.07, 6.45) is 7.19. The maximum absolute atomic E-state index is 12.3. The van der Waals surface area contributed by atoms with E-state index >= 15 is 0 Å². The van der Waals surface area contributed by atoms with Crippen molar-refractivity contribution in [2.24, 2.45) is 0 Å². The Bertz CT molecular complexity index is 455. The minimum atomic E-state index is -0.147. The average Bonchev–Trinajstić information content (AvgIpc) is 2.55. The number of aliphatic hydroxyl groups is 1. The molecule has 3 N–H and O–H groups in total. The minimum Gasteiger partial charge on any atom is -0.396 e. The molecule has 0 radical (unpaired) electrons. The molecule has 0 aromatic heterocycles. The lowest BCUT2D eigenvalue weighted by molar-refractivity contribution is 0.222. The van der Waals surface area contributed by atoms with Crippen LogP contribution in [0.1, 0.15) is 43.7 Å². The first-order valence-corrected chi connectivity index (χ1v) is 9.27. The van der Waals surface area contributed by atoms with Crippen LogP contribution in [0.2, 0.25) is 0 Å². The van der Waals surface area contributed by atoms with Gasteiger partial charge < -0.3 is 15.7 Å². The molecule has 1 saturated carbocycles. The quantitative estimate of drug-likeness (QED) is 0.754. The molecule has 22 heavy (non-hydrogen) atoms. The molecule has 1 aliphatic rings. The topological polar surface area (TPSA) is 61.4 Å². The number of nitrogens with one attached hydrogen (secondary N) is 2. The largest absolute Gasteiger partial charge is 0.396 e. The van der Waals surface area contributed by atoms with Crippen LogP contribution in [0, 0.1) is 0 Å². The van der Waals surface area contributed by atoms with Crippen LogP contribution in [0.5, 0.6) is 0 Å². The zero-order chi connectivity index (χ0) is 15.8. The maximum atomic E-state index is 12.3. The number of aliphatic hydroxyl groups excluding tert-OH is 1. The van der Waals surface area contributed by atoms with E-state index in [1.807, 2.05) is 42.1 Å². The zero-order valence-corrected chi connectivity index (χ0v) is 13.9. The standard InChI is InChI=1S/C17H26N2O2S/c1-22-15-9-5-8-14(12-15)18-17(21)19-16(10-11-20)13-6-3-2-4-7-13/h2-4,6-7,14-16,20H,5,8-12H2,1H3,(H2,18,19,21)/t14?,15?,16-/m1/s1. The summed E-state index contributed by atoms with van der Waals surface area (Å²) in [6.45, 7) is 0.0534. The van der Waals surface area contributed by atoms with Crippen molar-refractivity contribution in [3.05, 3.63) is 35.9 Å². The van der Waals surface area contributed by atoms with E-state index in [1.165, 1.54) is 12.8 Å². The summed E-state index contributed by atoms with van der Waals surface area (Å²) in [6, 6.07) is 9.78. The molecule has 2 unspecified atom stereocenters. The van der Waals surface area contributed by atoms with Crippen molar-refractivity contribution in [1.29, 1.82) is 0 Å². The van der Waals surface area contributed by atoms with Crippen LogP contribution in [0.4, 0.5) is 4.79 Å². The van der Waals surface area contributed by atoms with E-state index in [1.54, 1.807) is 0 Å². The average molecular weight is 322 g/mol. The van der Waals surface area contributed by atoms with Crippen molar-refractivity contribution in [3.63, 3.8) is 0 Å². The van der Waals surface area contributed by atoms with E-state index in [0.717, 1.165) is 18.4 Å². The molecule has 122 valence electrons. The molecule has 0 saturated heterocycles. The van der Waals surface area contributed by atoms with E-state index in [2.05, 4.69) is 16.9 Å². The molecule has 2 rings (SSSR count). The summed E-state index contributed by atoms with van der Waals surface area (Å²) >= 11 is 1.89. The normalized spacial score (nSPS) is 22.8. The Labute approximate surface area is 137 Å². The Morgan fingerprint density at radius 1 is 1.36 bits per heavy atom. The number of amides is 2. The number of benzene rings is 1. The number of carbonyl (C=O) groups is 1. The number of carbonyl (C=O) groups excluding carboxylic acids is 1. The maximum Gasteiger partial charge on any atom is 0.315 e. The molecular formula is C17H26N2O2S. The van der Waals surface area contributed by atoms with E-state index < -0.39 is 0 Å². The van der Waals surface area contributed by atoms with E-state index in [0.29, 0.717) is 11.7 Å². The van der Waals surface area contributed by atoms with Crippen molar-refractivity contribution < 1.29 is 9.90 Å². The van der Waals surface area contributed by atoms with Crippen molar-refractivity contribution in [3.8, 4) is 0 Å². The molecule has 3 atom stereocenters. The fourth-order valence-corrected chi connectivity index (χ4v) is 3.84. The van der Waals surface area contributed by atoms with Gasteiger partial charge in [0.2, 0.25) is 0 Å². The van der Waals surface area contributed by atoms with Crippen LogP contribution >= 0.6 is 11.8 Å². The molecule has 0 aliphatic heterocycles. The number of hydrogen-bond donors (Lipinski definition) is 3. The Morgan fingerprint density at radius 3 is 2.82 bits per heavy atom. The lowest BCUT2D eigenvalue weighted by Gasteiger charge is -2.29. The molecule has 1 fully saturated rings. The molecule has 0 bridgehead atoms. The van der Waals surface area contributed by atoms with Crippen molar-refractivity contribution >= 4 is 17.8 Å². The van der Waals surface area contributed by atoms with E-state index in [4.69, 9.17) is 0 Å². The highest BCUT2D eigenvalue weighted by molar-refractivity contribution is 7.99. The molecule has 1 aliphatic carbocycles. The second-order valence-electron chi connectivity index (χ2n) is 5.81. The Balaban J connectivity index is 1.88. The van der Waals surface area contributed by atoms with Gasteiger partial charge in [0.1, 0.15) is 0 Å². The predicted octanol–water partition coefficient (Wildman–Crippen LogP) is 3.08. The Hall–Kier alpha value is -1.20. The first kappa shape index (κ1) is 17.2. The summed E-state index contributed by atoms with van der Waals surface area (Å²) in [5, 5.41) is 16.0. The van der Waals surface area contributed by atoms with Gasteiger partial charge in [-0.25, -0.2) is 4.79 Å². The van der Waals surface area contributed by atoms with Crippen LogP contribution < -0.4 is 10.6 Å². The number of urea groups is 1. The second-order valence-corrected chi connectivity index (χ2v) is 6.95. The smallest absolute Gasteiger partial charge is 0.315 e. The monoisotopic (exact) mass is 322 g/mol. The van der Waals surface area contributed by atoms with Gasteiger partial charge in [-0.15, -0.1) is 0 Å². The van der Waals surface area contributed by atoms with Gasteiger partial charge in [0, 0.05) is 17.9 Å². The van der Waals surface area contributed by atoms with E-state index in [-0.39, 0.29) is 24.7 Å². The third kappa shape index (κ3) is 5.21. The second kappa shape index (κ2) is 9.06. The molecule has 1 aromatic rings. The highest BCUT2D eigenvalue weighted by Gasteiger charge is 2.23. The van der Waals surface area contributed by atoms with Crippen LogP contribution in [-0.4, -0.2) is 35.3 Å². The fraction of sp³-hybridized carbons (Fsp3) is 0.588. The minimum absolute atomic E-state index is 0.0534. The Kier molecular flexibility index (Phi) is 7.06. The molecular weight excluding hydrogens is 296 g/mol. The highest BCUT2D eigenvalue weighted by Crippen LogP contribution is 2.27. The molecule has 0 spiro atoms. The van der Waals surface area contributed by atoms with Gasteiger partial charge in [-0.3, -0.25) is 0 Å². The van der Waals surface area contributed by atoms with Gasteiger partial charge in [0.05, 0.1) is 6.04 Å². The van der Waals surface area contributed by atoms with Crippen LogP contribution in [-0.2, 0) is 0 Å². The Morgan fingerprint density at radius 2 is 2.14 bits per heavy atom. The third-order valence-corrected chi connectivity index (χ3v) is 5.31. The van der Waals surface area contributed by atoms with Gasteiger partial charge in [-0.1, -0.05) is 36.8 Å². The van der Waals surface area contributed by atoms with Gasteiger partial charge in [0.25, 0.3) is 0 Å². The summed E-state index contributed by atoms with van der Waals surface area (Å²) in [5.74, 6) is 0. The van der Waals surface area contributed by atoms with Gasteiger partial charge in [0.15, 0.2) is 0 Å². The number of hydrogen-bond acceptors (Lipinski definition) is 3. The lowest BCUT2D eigenvalue weighted by atomic mass is 9.95. The third-order valence-electron chi connectivity index (χ3n) is 4.22. The van der Waals surface area contributed by atoms with Crippen molar-refractivity contribution in [1.82, 2.24) is 10.6 Å². The number of rotatable bonds is 6. The van der Waals surface area contributed by atoms with E-state index in [9.17, 15) is 9.90 Å². The summed E-state index contributed by atoms with van der Waals surface area (Å²) < 4.78 is 0. The molecule has 0 heterocycles. The molecule has 1 aromatic carbocycles. The van der Waals surface area contributed by atoms with Crippen LogP contribution in [0.25, 0.3) is 0 Å². The SMILES string of the molecule is CSC1CCCC(NC(=O)N[C@H](CCO)c2ccccc2)C1. The summed E-state index contributed by atoms with van der Waals surface area (Å²) in [5.41, 5.74) is 1.03. The van der Waals surface area contributed by atoms with Gasteiger partial charge >= 0.3 is 6.03 Å². The first-order valence-electron chi connectivity index (χ1n) is 7.98. The highest BCUT2D eigenvalue weighted by atomic mass is 32.2. The molecule has 4 nitrogen and oxygen atoms in total. The van der Waals surface area contributed by atoms with Crippen LogP contribution in [0.3, 0.4) is 0 Å². The van der Waals surface area contributed by atoms with Gasteiger partial charge in [-0.2, -0.15) is 11.8 Å². The van der Waals surface area contributed by atoms with Crippen LogP contribution in [0.15, 0.2) is 30.3 Å². The fourth-order valence-electron chi connectivity index (χ4n) is 3.01. The zero-order valence-electron chi connectivity index (χ0n) is 13.1. The molecule has 5 heteroatoms. The summed E-state index contributed by atoms with van der Waals surface area (Å²) in [7, 11) is 0. The van der Waals surface area contributed by atoms with Crippen molar-refractivity contribution in [2.45, 2.75) is 49.4 Å². The predicted molar refractivity (Wildman–Crippen MR) is 92.1 cm³/mol. The summed E-state index contributed by atoms with van der Waals surface area (Å²) in [4.78, 5) is 12.3. The lowest BCUT2D eigenvalue weighted by Crippen LogP contribution is -2.45. The number of thioether (sulfide) groups is 1. The first-order chi connectivity index (χ1) is 10.7.